The number of aromatic nitrogens is 1. The summed E-state index contributed by atoms with van der Waals surface area (Å²) in [5.74, 6) is 1.64. The van der Waals surface area contributed by atoms with E-state index in [9.17, 15) is 0 Å². The van der Waals surface area contributed by atoms with Gasteiger partial charge >= 0.3 is 0 Å². The maximum Gasteiger partial charge on any atom is 0.129 e. The molecule has 1 saturated heterocycles. The normalized spacial score (nSPS) is 20.4. The summed E-state index contributed by atoms with van der Waals surface area (Å²) < 4.78 is 0. The SMILES string of the molecule is CC(C)(C)C1CCN(c2cc(C#N)ccn2)C1. The average molecular weight is 229 g/mol. The highest BCUT2D eigenvalue weighted by molar-refractivity contribution is 5.45. The van der Waals surface area contributed by atoms with Gasteiger partial charge in [0.05, 0.1) is 11.6 Å². The number of nitrogens with zero attached hydrogens (tertiary/aromatic N) is 3. The summed E-state index contributed by atoms with van der Waals surface area (Å²) >= 11 is 0. The van der Waals surface area contributed by atoms with Crippen molar-refractivity contribution in [3.8, 4) is 6.07 Å². The molecule has 1 aromatic rings. The minimum absolute atomic E-state index is 0.349. The molecule has 3 nitrogen and oxygen atoms in total. The lowest BCUT2D eigenvalue weighted by Gasteiger charge is -2.27. The third-order valence-corrected chi connectivity index (χ3v) is 3.61. The molecular formula is C14H19N3. The standard InChI is InChI=1S/C14H19N3/c1-14(2,3)12-5-7-17(10-12)13-8-11(9-15)4-6-16-13/h4,6,8,12H,5,7,10H2,1-3H3. The third-order valence-electron chi connectivity index (χ3n) is 3.61. The largest absolute Gasteiger partial charge is 0.356 e. The van der Waals surface area contributed by atoms with Crippen molar-refractivity contribution in [2.45, 2.75) is 27.2 Å². The fourth-order valence-corrected chi connectivity index (χ4v) is 2.34. The van der Waals surface area contributed by atoms with Crippen molar-refractivity contribution in [3.05, 3.63) is 23.9 Å². The van der Waals surface area contributed by atoms with E-state index < -0.39 is 0 Å². The van der Waals surface area contributed by atoms with Crippen LogP contribution in [0, 0.1) is 22.7 Å². The Morgan fingerprint density at radius 3 is 2.82 bits per heavy atom. The lowest BCUT2D eigenvalue weighted by molar-refractivity contribution is 0.263. The van der Waals surface area contributed by atoms with E-state index in [1.807, 2.05) is 6.07 Å². The highest BCUT2D eigenvalue weighted by atomic mass is 15.2. The summed E-state index contributed by atoms with van der Waals surface area (Å²) in [6.45, 7) is 8.97. The minimum atomic E-state index is 0.349. The number of hydrogen-bond donors (Lipinski definition) is 0. The summed E-state index contributed by atoms with van der Waals surface area (Å²) in [6, 6.07) is 5.80. The first-order chi connectivity index (χ1) is 8.00. The molecule has 0 spiro atoms. The zero-order valence-corrected chi connectivity index (χ0v) is 10.8. The van der Waals surface area contributed by atoms with Gasteiger partial charge < -0.3 is 4.90 Å². The van der Waals surface area contributed by atoms with Crippen LogP contribution in [0.5, 0.6) is 0 Å². The molecule has 2 heterocycles. The monoisotopic (exact) mass is 229 g/mol. The van der Waals surface area contributed by atoms with Crippen LogP contribution in [0.2, 0.25) is 0 Å². The average Bonchev–Trinajstić information content (AvgIpc) is 2.78. The highest BCUT2D eigenvalue weighted by Crippen LogP contribution is 2.35. The van der Waals surface area contributed by atoms with Gasteiger partial charge in [-0.2, -0.15) is 5.26 Å². The second-order valence-electron chi connectivity index (χ2n) is 5.81. The molecule has 2 rings (SSSR count). The van der Waals surface area contributed by atoms with Gasteiger partial charge in [0.15, 0.2) is 0 Å². The highest BCUT2D eigenvalue weighted by Gasteiger charge is 2.32. The van der Waals surface area contributed by atoms with Gasteiger partial charge in [-0.25, -0.2) is 4.98 Å². The molecule has 0 aliphatic carbocycles. The van der Waals surface area contributed by atoms with Crippen LogP contribution in [0.15, 0.2) is 18.3 Å². The number of rotatable bonds is 1. The van der Waals surface area contributed by atoms with E-state index in [2.05, 4.69) is 36.7 Å². The Kier molecular flexibility index (Phi) is 3.06. The Balaban J connectivity index is 2.13. The van der Waals surface area contributed by atoms with Crippen LogP contribution in [0.25, 0.3) is 0 Å². The van der Waals surface area contributed by atoms with Crippen molar-refractivity contribution in [1.82, 2.24) is 4.98 Å². The molecule has 0 bridgehead atoms. The van der Waals surface area contributed by atoms with Crippen molar-refractivity contribution < 1.29 is 0 Å². The Labute approximate surface area is 103 Å². The van der Waals surface area contributed by atoms with Crippen molar-refractivity contribution in [2.75, 3.05) is 18.0 Å². The molecule has 1 fully saturated rings. The van der Waals surface area contributed by atoms with Gasteiger partial charge in [-0.05, 0) is 29.9 Å². The quantitative estimate of drug-likeness (QED) is 0.743. The van der Waals surface area contributed by atoms with Crippen molar-refractivity contribution in [2.24, 2.45) is 11.3 Å². The fourth-order valence-electron chi connectivity index (χ4n) is 2.34. The Morgan fingerprint density at radius 1 is 1.47 bits per heavy atom. The van der Waals surface area contributed by atoms with E-state index in [-0.39, 0.29) is 0 Å². The number of anilines is 1. The van der Waals surface area contributed by atoms with Crippen LogP contribution in [0.1, 0.15) is 32.8 Å². The predicted octanol–water partition coefficient (Wildman–Crippen LogP) is 2.83. The molecule has 0 radical (unpaired) electrons. The molecule has 90 valence electrons. The molecular weight excluding hydrogens is 210 g/mol. The predicted molar refractivity (Wildman–Crippen MR) is 68.7 cm³/mol. The van der Waals surface area contributed by atoms with Gasteiger partial charge in [-0.1, -0.05) is 20.8 Å². The maximum absolute atomic E-state index is 8.89. The summed E-state index contributed by atoms with van der Waals surface area (Å²) in [4.78, 5) is 6.65. The first-order valence-electron chi connectivity index (χ1n) is 6.12. The molecule has 17 heavy (non-hydrogen) atoms. The van der Waals surface area contributed by atoms with Crippen LogP contribution >= 0.6 is 0 Å². The Morgan fingerprint density at radius 2 is 2.24 bits per heavy atom. The Bertz CT molecular complexity index is 440. The molecule has 0 saturated carbocycles. The van der Waals surface area contributed by atoms with Crippen LogP contribution in [0.3, 0.4) is 0 Å². The van der Waals surface area contributed by atoms with Gasteiger partial charge in [-0.15, -0.1) is 0 Å². The van der Waals surface area contributed by atoms with Crippen LogP contribution in [-0.2, 0) is 0 Å². The fraction of sp³-hybridized carbons (Fsp3) is 0.571. The van der Waals surface area contributed by atoms with Gasteiger partial charge in [0.1, 0.15) is 5.82 Å². The summed E-state index contributed by atoms with van der Waals surface area (Å²) in [5.41, 5.74) is 1.04. The zero-order chi connectivity index (χ0) is 12.5. The Hall–Kier alpha value is -1.56. The third kappa shape index (κ3) is 2.58. The first-order valence-corrected chi connectivity index (χ1v) is 6.12. The van der Waals surface area contributed by atoms with Gasteiger partial charge in [0, 0.05) is 19.3 Å². The molecule has 3 heteroatoms. The first kappa shape index (κ1) is 11.9. The maximum atomic E-state index is 8.89. The van der Waals surface area contributed by atoms with Gasteiger partial charge in [0.2, 0.25) is 0 Å². The van der Waals surface area contributed by atoms with E-state index in [1.165, 1.54) is 6.42 Å². The van der Waals surface area contributed by atoms with Gasteiger partial charge in [-0.3, -0.25) is 0 Å². The molecule has 1 aromatic heterocycles. The number of nitriles is 1. The molecule has 0 amide bonds. The van der Waals surface area contributed by atoms with Crippen molar-refractivity contribution in [3.63, 3.8) is 0 Å². The van der Waals surface area contributed by atoms with Crippen molar-refractivity contribution in [1.29, 1.82) is 5.26 Å². The van der Waals surface area contributed by atoms with E-state index in [0.29, 0.717) is 16.9 Å². The molecule has 1 aliphatic heterocycles. The zero-order valence-electron chi connectivity index (χ0n) is 10.8. The summed E-state index contributed by atoms with van der Waals surface area (Å²) in [5, 5.41) is 8.89. The smallest absolute Gasteiger partial charge is 0.129 e. The number of hydrogen-bond acceptors (Lipinski definition) is 3. The second-order valence-corrected chi connectivity index (χ2v) is 5.81. The van der Waals surface area contributed by atoms with Crippen LogP contribution in [0.4, 0.5) is 5.82 Å². The van der Waals surface area contributed by atoms with E-state index >= 15 is 0 Å². The lowest BCUT2D eigenvalue weighted by Crippen LogP contribution is -2.26. The van der Waals surface area contributed by atoms with Gasteiger partial charge in [0.25, 0.3) is 0 Å². The molecule has 0 N–H and O–H groups in total. The van der Waals surface area contributed by atoms with E-state index in [4.69, 9.17) is 5.26 Å². The molecule has 0 aromatic carbocycles. The van der Waals surface area contributed by atoms with E-state index in [0.717, 1.165) is 18.9 Å². The van der Waals surface area contributed by atoms with Crippen molar-refractivity contribution >= 4 is 5.82 Å². The molecule has 1 unspecified atom stereocenters. The van der Waals surface area contributed by atoms with Crippen LogP contribution in [-0.4, -0.2) is 18.1 Å². The van der Waals surface area contributed by atoms with Crippen LogP contribution < -0.4 is 4.90 Å². The topological polar surface area (TPSA) is 39.9 Å². The molecule has 1 aliphatic rings. The second kappa shape index (κ2) is 4.37. The lowest BCUT2D eigenvalue weighted by atomic mass is 9.80. The minimum Gasteiger partial charge on any atom is -0.356 e. The van der Waals surface area contributed by atoms with E-state index in [1.54, 1.807) is 12.3 Å². The summed E-state index contributed by atoms with van der Waals surface area (Å²) in [7, 11) is 0. The summed E-state index contributed by atoms with van der Waals surface area (Å²) in [6.07, 6.45) is 2.93. The molecule has 1 atom stereocenters. The number of pyridine rings is 1.